The number of hydrogen-bond donors (Lipinski definition) is 2. The van der Waals surface area contributed by atoms with E-state index in [9.17, 15) is 9.59 Å². The summed E-state index contributed by atoms with van der Waals surface area (Å²) in [6.45, 7) is 5.39. The Labute approximate surface area is 186 Å². The van der Waals surface area contributed by atoms with Crippen LogP contribution in [0.15, 0.2) is 48.5 Å². The largest absolute Gasteiger partial charge is 0.333 e. The van der Waals surface area contributed by atoms with E-state index in [-0.39, 0.29) is 6.04 Å². The molecule has 1 aliphatic heterocycles. The third kappa shape index (κ3) is 5.48. The predicted octanol–water partition coefficient (Wildman–Crippen LogP) is 3.81. The van der Waals surface area contributed by atoms with Crippen molar-refractivity contribution in [1.82, 2.24) is 15.2 Å². The molecule has 0 bridgehead atoms. The summed E-state index contributed by atoms with van der Waals surface area (Å²) in [6.07, 6.45) is 2.67. The molecule has 2 N–H and O–H groups in total. The van der Waals surface area contributed by atoms with Crippen molar-refractivity contribution in [2.24, 2.45) is 0 Å². The maximum absolute atomic E-state index is 12.6. The van der Waals surface area contributed by atoms with Gasteiger partial charge < -0.3 is 15.5 Å². The minimum absolute atomic E-state index is 0.243. The Bertz CT molecular complexity index is 1030. The van der Waals surface area contributed by atoms with E-state index in [0.717, 1.165) is 35.4 Å². The van der Waals surface area contributed by atoms with Gasteiger partial charge >= 0.3 is 11.8 Å². The molecule has 1 aliphatic rings. The minimum Gasteiger partial charge on any atom is -0.333 e. The van der Waals surface area contributed by atoms with Crippen LogP contribution in [0.4, 0.5) is 5.69 Å². The summed E-state index contributed by atoms with van der Waals surface area (Å²) in [5.74, 6) is -1.04. The van der Waals surface area contributed by atoms with E-state index in [4.69, 9.17) is 0 Å². The number of carbonyl (C=O) groups excluding carboxylic acids is 2. The zero-order valence-electron chi connectivity index (χ0n) is 17.9. The molecule has 6 nitrogen and oxygen atoms in total. The number of fused-ring (bicyclic) bond motifs is 1. The van der Waals surface area contributed by atoms with E-state index in [0.29, 0.717) is 24.8 Å². The van der Waals surface area contributed by atoms with Gasteiger partial charge in [-0.25, -0.2) is 4.98 Å². The van der Waals surface area contributed by atoms with E-state index < -0.39 is 11.8 Å². The van der Waals surface area contributed by atoms with Crippen molar-refractivity contribution < 1.29 is 9.59 Å². The van der Waals surface area contributed by atoms with Crippen molar-refractivity contribution in [2.45, 2.75) is 45.2 Å². The van der Waals surface area contributed by atoms with Gasteiger partial charge in [0.1, 0.15) is 0 Å². The number of para-hydroxylation sites is 1. The van der Waals surface area contributed by atoms with Gasteiger partial charge in [0.15, 0.2) is 0 Å². The van der Waals surface area contributed by atoms with Gasteiger partial charge in [0.2, 0.25) is 0 Å². The summed E-state index contributed by atoms with van der Waals surface area (Å²) < 4.78 is 1.18. The molecule has 31 heavy (non-hydrogen) atoms. The minimum atomic E-state index is -0.580. The maximum Gasteiger partial charge on any atom is 0.313 e. The van der Waals surface area contributed by atoms with Gasteiger partial charge in [0.05, 0.1) is 15.2 Å². The van der Waals surface area contributed by atoms with Crippen LogP contribution in [-0.2, 0) is 16.0 Å². The fraction of sp³-hybridized carbons (Fsp3) is 0.375. The summed E-state index contributed by atoms with van der Waals surface area (Å²) in [6, 6.07) is 16.3. The molecular formula is C24H28N4O2S. The van der Waals surface area contributed by atoms with Crippen molar-refractivity contribution >= 4 is 39.1 Å². The third-order valence-corrected chi connectivity index (χ3v) is 6.41. The fourth-order valence-corrected chi connectivity index (χ4v) is 4.97. The van der Waals surface area contributed by atoms with Gasteiger partial charge in [0, 0.05) is 37.3 Å². The van der Waals surface area contributed by atoms with Crippen LogP contribution >= 0.6 is 11.3 Å². The number of hydrogen-bond acceptors (Lipinski definition) is 5. The lowest BCUT2D eigenvalue weighted by atomic mass is 10.0. The molecule has 0 spiro atoms. The van der Waals surface area contributed by atoms with E-state index in [2.05, 4.69) is 35.5 Å². The van der Waals surface area contributed by atoms with Crippen molar-refractivity contribution in [1.29, 1.82) is 0 Å². The second-order valence-electron chi connectivity index (χ2n) is 8.31. The number of benzene rings is 2. The molecule has 2 aromatic carbocycles. The van der Waals surface area contributed by atoms with Gasteiger partial charge in [-0.3, -0.25) is 9.59 Å². The smallest absolute Gasteiger partial charge is 0.313 e. The van der Waals surface area contributed by atoms with Crippen LogP contribution in [0.25, 0.3) is 10.2 Å². The van der Waals surface area contributed by atoms with Crippen LogP contribution in [0.3, 0.4) is 0 Å². The first-order valence-corrected chi connectivity index (χ1v) is 11.6. The van der Waals surface area contributed by atoms with E-state index in [1.165, 1.54) is 4.70 Å². The van der Waals surface area contributed by atoms with Gasteiger partial charge in [-0.1, -0.05) is 38.1 Å². The highest BCUT2D eigenvalue weighted by atomic mass is 32.1. The molecule has 162 valence electrons. The average molecular weight is 437 g/mol. The third-order valence-electron chi connectivity index (χ3n) is 5.38. The highest BCUT2D eigenvalue weighted by Gasteiger charge is 2.28. The summed E-state index contributed by atoms with van der Waals surface area (Å²) in [7, 11) is 0. The Hall–Kier alpha value is -2.77. The van der Waals surface area contributed by atoms with Crippen molar-refractivity contribution in [2.75, 3.05) is 18.4 Å². The normalized spacial score (nSPS) is 16.6. The Kier molecular flexibility index (Phi) is 6.63. The molecule has 1 fully saturated rings. The number of anilines is 1. The average Bonchev–Trinajstić information content (AvgIpc) is 3.16. The molecule has 3 aromatic rings. The maximum atomic E-state index is 12.6. The molecule has 1 saturated heterocycles. The zero-order chi connectivity index (χ0) is 21.8. The molecular weight excluding hydrogens is 408 g/mol. The highest BCUT2D eigenvalue weighted by molar-refractivity contribution is 7.18. The second-order valence-corrected chi connectivity index (χ2v) is 9.43. The molecule has 1 atom stereocenters. The Balaban J connectivity index is 1.33. The molecule has 2 heterocycles. The van der Waals surface area contributed by atoms with E-state index in [1.807, 2.05) is 42.5 Å². The zero-order valence-corrected chi connectivity index (χ0v) is 18.7. The van der Waals surface area contributed by atoms with Crippen LogP contribution < -0.4 is 10.6 Å². The summed E-state index contributed by atoms with van der Waals surface area (Å²) in [5, 5.41) is 7.26. The number of piperidine rings is 1. The van der Waals surface area contributed by atoms with Crippen LogP contribution in [0, 0.1) is 0 Å². The molecule has 4 rings (SSSR count). The molecule has 7 heteroatoms. The van der Waals surface area contributed by atoms with Crippen LogP contribution in [0.1, 0.15) is 37.3 Å². The lowest BCUT2D eigenvalue weighted by molar-refractivity contribution is -0.144. The standard InChI is InChI=1S/C24H28N4O2S/c1-16(2)25-19-6-5-13-28(15-19)24(30)23(29)26-18-11-9-17(10-12-18)14-22-27-20-7-3-4-8-21(20)31-22/h3-4,7-12,16,19,25H,5-6,13-15H2,1-2H3,(H,26,29). The van der Waals surface area contributed by atoms with Crippen LogP contribution in [0.2, 0.25) is 0 Å². The number of likely N-dealkylation sites (tertiary alicyclic amines) is 1. The number of thiazole rings is 1. The van der Waals surface area contributed by atoms with Crippen LogP contribution in [0.5, 0.6) is 0 Å². The fourth-order valence-electron chi connectivity index (χ4n) is 3.97. The van der Waals surface area contributed by atoms with Crippen molar-refractivity contribution in [3.8, 4) is 0 Å². The number of amides is 2. The lowest BCUT2D eigenvalue weighted by Crippen LogP contribution is -2.52. The van der Waals surface area contributed by atoms with Gasteiger partial charge in [-0.2, -0.15) is 0 Å². The topological polar surface area (TPSA) is 74.3 Å². The number of aromatic nitrogens is 1. The quantitative estimate of drug-likeness (QED) is 0.597. The summed E-state index contributed by atoms with van der Waals surface area (Å²) >= 11 is 1.69. The van der Waals surface area contributed by atoms with Gasteiger partial charge in [-0.05, 0) is 42.7 Å². The van der Waals surface area contributed by atoms with E-state index in [1.54, 1.807) is 16.2 Å². The van der Waals surface area contributed by atoms with Gasteiger partial charge in [-0.15, -0.1) is 11.3 Å². The molecule has 1 unspecified atom stereocenters. The SMILES string of the molecule is CC(C)NC1CCCN(C(=O)C(=O)Nc2ccc(Cc3nc4ccccc4s3)cc2)C1. The molecule has 0 radical (unpaired) electrons. The molecule has 2 amide bonds. The summed E-state index contributed by atoms with van der Waals surface area (Å²) in [5.41, 5.74) is 2.76. The Morgan fingerprint density at radius 2 is 1.94 bits per heavy atom. The first-order chi connectivity index (χ1) is 15.0. The monoisotopic (exact) mass is 436 g/mol. The first-order valence-electron chi connectivity index (χ1n) is 10.8. The Morgan fingerprint density at radius 3 is 2.68 bits per heavy atom. The lowest BCUT2D eigenvalue weighted by Gasteiger charge is -2.33. The molecule has 1 aromatic heterocycles. The Morgan fingerprint density at radius 1 is 1.16 bits per heavy atom. The van der Waals surface area contributed by atoms with Crippen molar-refractivity contribution in [3.63, 3.8) is 0 Å². The molecule has 0 saturated carbocycles. The van der Waals surface area contributed by atoms with Crippen molar-refractivity contribution in [3.05, 3.63) is 59.1 Å². The highest BCUT2D eigenvalue weighted by Crippen LogP contribution is 2.24. The molecule has 0 aliphatic carbocycles. The van der Waals surface area contributed by atoms with Gasteiger partial charge in [0.25, 0.3) is 0 Å². The number of nitrogens with zero attached hydrogens (tertiary/aromatic N) is 2. The first kappa shape index (κ1) is 21.5. The van der Waals surface area contributed by atoms with E-state index >= 15 is 0 Å². The number of rotatable bonds is 5. The summed E-state index contributed by atoms with van der Waals surface area (Å²) in [4.78, 5) is 31.4. The predicted molar refractivity (Wildman–Crippen MR) is 125 cm³/mol. The van der Waals surface area contributed by atoms with Crippen LogP contribution in [-0.4, -0.2) is 46.9 Å². The number of carbonyl (C=O) groups is 2. The second kappa shape index (κ2) is 9.58. The number of nitrogens with one attached hydrogen (secondary N) is 2.